The number of nitrogens with one attached hydrogen (secondary N) is 8. The van der Waals surface area contributed by atoms with Crippen molar-refractivity contribution in [2.75, 3.05) is 27.2 Å². The molecule has 7 rings (SSSR count). The van der Waals surface area contributed by atoms with Gasteiger partial charge in [0.15, 0.2) is 0 Å². The zero-order chi connectivity index (χ0) is 53.8. The molecule has 0 radical (unpaired) electrons. The SMILES string of the molecule is CNC(C)C(=O)NC(C(=O)N1CC(NC(=O)c2ccc(C(=O)NC3CC(C(=O)NC4CCc5ccccc54)N(C(=O)C(NC(=O)C(C)NC)C(C)(C)C)C3)cc2)CC1C(=O)NC1CCc2ccccc21)C(C)(C)C. The highest BCUT2D eigenvalue weighted by molar-refractivity contribution is 5.99. The molecule has 0 saturated carbocycles. The number of hydrogen-bond donors (Lipinski definition) is 8. The minimum atomic E-state index is -0.979. The van der Waals surface area contributed by atoms with E-state index in [0.717, 1.165) is 35.1 Å². The van der Waals surface area contributed by atoms with E-state index in [-0.39, 0.29) is 72.8 Å². The van der Waals surface area contributed by atoms with Crippen molar-refractivity contribution in [2.45, 2.75) is 154 Å². The van der Waals surface area contributed by atoms with Gasteiger partial charge in [-0.15, -0.1) is 0 Å². The van der Waals surface area contributed by atoms with Crippen molar-refractivity contribution in [2.24, 2.45) is 10.8 Å². The summed E-state index contributed by atoms with van der Waals surface area (Å²) in [6.45, 7) is 14.5. The highest BCUT2D eigenvalue weighted by atomic mass is 16.2. The average Bonchev–Trinajstić information content (AvgIpc) is 4.19. The average molecular weight is 1020 g/mol. The van der Waals surface area contributed by atoms with Crippen LogP contribution in [0.2, 0.25) is 0 Å². The number of carbonyl (C=O) groups excluding carboxylic acids is 8. The lowest BCUT2D eigenvalue weighted by molar-refractivity contribution is -0.144. The van der Waals surface area contributed by atoms with Crippen LogP contribution in [0.25, 0.3) is 0 Å². The van der Waals surface area contributed by atoms with Gasteiger partial charge in [-0.3, -0.25) is 38.4 Å². The van der Waals surface area contributed by atoms with Gasteiger partial charge in [0.25, 0.3) is 11.8 Å². The van der Waals surface area contributed by atoms with E-state index in [2.05, 4.69) is 42.5 Å². The van der Waals surface area contributed by atoms with Gasteiger partial charge in [-0.25, -0.2) is 0 Å². The third-order valence-electron chi connectivity index (χ3n) is 15.2. The number of hydrogen-bond acceptors (Lipinski definition) is 10. The number of rotatable bonds is 16. The first-order valence-corrected chi connectivity index (χ1v) is 26.0. The summed E-state index contributed by atoms with van der Waals surface area (Å²) in [5, 5.41) is 24.0. The molecule has 74 heavy (non-hydrogen) atoms. The number of carbonyl (C=O) groups is 8. The standard InChI is InChI=1S/C56H76N10O8/c1-31(57-9)47(67)63-45(55(3,4)5)53(73)65-29-37(27-43(65)51(71)61-41-25-23-33-15-11-13-17-39(33)41)59-49(69)35-19-21-36(22-20-35)50(70)60-38-28-44(52(72)62-42-26-24-34-16-12-14-18-40(34)42)66(30-38)54(74)46(56(6,7)8)64-48(68)32(2)58-10/h11-22,31-32,37-38,41-46,57-58H,23-30H2,1-10H3,(H,59,69)(H,60,70)(H,61,71)(H,62,72)(H,63,67)(H,64,68). The molecule has 10 unspecified atom stereocenters. The summed E-state index contributed by atoms with van der Waals surface area (Å²) in [5.41, 5.74) is 3.40. The molecule has 2 aliphatic carbocycles. The maximum atomic E-state index is 14.6. The minimum Gasteiger partial charge on any atom is -0.347 e. The van der Waals surface area contributed by atoms with Crippen molar-refractivity contribution in [1.29, 1.82) is 0 Å². The summed E-state index contributed by atoms with van der Waals surface area (Å²) >= 11 is 0. The largest absolute Gasteiger partial charge is 0.347 e. The molecule has 0 spiro atoms. The second kappa shape index (κ2) is 22.8. The Hall–Kier alpha value is -6.66. The highest BCUT2D eigenvalue weighted by Crippen LogP contribution is 2.34. The van der Waals surface area contributed by atoms with Gasteiger partial charge < -0.3 is 52.3 Å². The van der Waals surface area contributed by atoms with Gasteiger partial charge in [0.1, 0.15) is 24.2 Å². The maximum Gasteiger partial charge on any atom is 0.251 e. The number of benzene rings is 3. The van der Waals surface area contributed by atoms with Crippen LogP contribution in [0.5, 0.6) is 0 Å². The fourth-order valence-corrected chi connectivity index (χ4v) is 10.6. The van der Waals surface area contributed by atoms with Crippen LogP contribution in [0.15, 0.2) is 72.8 Å². The molecule has 0 aromatic heterocycles. The van der Waals surface area contributed by atoms with Gasteiger partial charge in [-0.05, 0) is 124 Å². The first-order chi connectivity index (χ1) is 35.0. The molecular formula is C56H76N10O8. The van der Waals surface area contributed by atoms with Crippen molar-refractivity contribution in [1.82, 2.24) is 52.3 Å². The van der Waals surface area contributed by atoms with E-state index in [1.54, 1.807) is 27.9 Å². The minimum absolute atomic E-state index is 0.0141. The fourth-order valence-electron chi connectivity index (χ4n) is 10.6. The highest BCUT2D eigenvalue weighted by Gasteiger charge is 2.48. The quantitative estimate of drug-likeness (QED) is 0.104. The monoisotopic (exact) mass is 1020 g/mol. The first kappa shape index (κ1) is 55.1. The van der Waals surface area contributed by atoms with Gasteiger partial charge in [0.05, 0.1) is 24.2 Å². The Labute approximate surface area is 435 Å². The number of fused-ring (bicyclic) bond motifs is 2. The molecular weight excluding hydrogens is 941 g/mol. The van der Waals surface area contributed by atoms with Crippen LogP contribution in [0, 0.1) is 10.8 Å². The predicted molar refractivity (Wildman–Crippen MR) is 280 cm³/mol. The molecule has 18 heteroatoms. The summed E-state index contributed by atoms with van der Waals surface area (Å²) < 4.78 is 0. The van der Waals surface area contributed by atoms with Gasteiger partial charge in [-0.2, -0.15) is 0 Å². The van der Waals surface area contributed by atoms with Crippen molar-refractivity contribution in [3.05, 3.63) is 106 Å². The Bertz CT molecular complexity index is 2430. The van der Waals surface area contributed by atoms with E-state index in [0.29, 0.717) is 12.8 Å². The summed E-state index contributed by atoms with van der Waals surface area (Å²) in [6.07, 6.45) is 3.30. The Morgan fingerprint density at radius 3 is 1.20 bits per heavy atom. The van der Waals surface area contributed by atoms with Crippen molar-refractivity contribution < 1.29 is 38.4 Å². The number of nitrogens with zero attached hydrogens (tertiary/aromatic N) is 2. The fraction of sp³-hybridized carbons (Fsp3) is 0.536. The second-order valence-corrected chi connectivity index (χ2v) is 22.6. The third kappa shape index (κ3) is 12.5. The van der Waals surface area contributed by atoms with Crippen molar-refractivity contribution in [3.8, 4) is 0 Å². The van der Waals surface area contributed by atoms with Crippen LogP contribution in [-0.2, 0) is 41.6 Å². The molecule has 4 aliphatic rings. The van der Waals surface area contributed by atoms with E-state index in [4.69, 9.17) is 0 Å². The summed E-state index contributed by atoms with van der Waals surface area (Å²) in [5.74, 6) is -3.25. The molecule has 2 heterocycles. The molecule has 2 fully saturated rings. The molecule has 18 nitrogen and oxygen atoms in total. The lowest BCUT2D eigenvalue weighted by Crippen LogP contribution is -2.59. The molecule has 2 saturated heterocycles. The van der Waals surface area contributed by atoms with Crippen LogP contribution in [-0.4, -0.2) is 133 Å². The summed E-state index contributed by atoms with van der Waals surface area (Å²) in [7, 11) is 3.30. The van der Waals surface area contributed by atoms with E-state index in [1.165, 1.54) is 34.1 Å². The van der Waals surface area contributed by atoms with E-state index < -0.39 is 82.8 Å². The van der Waals surface area contributed by atoms with Crippen molar-refractivity contribution in [3.63, 3.8) is 0 Å². The number of likely N-dealkylation sites (tertiary alicyclic amines) is 2. The second-order valence-electron chi connectivity index (χ2n) is 22.6. The first-order valence-electron chi connectivity index (χ1n) is 26.0. The third-order valence-corrected chi connectivity index (χ3v) is 15.2. The summed E-state index contributed by atoms with van der Waals surface area (Å²) in [6, 6.07) is 15.2. The Balaban J connectivity index is 1.05. The Morgan fingerprint density at radius 1 is 0.514 bits per heavy atom. The Kier molecular flexibility index (Phi) is 17.0. The van der Waals surface area contributed by atoms with Gasteiger partial charge >= 0.3 is 0 Å². The van der Waals surface area contributed by atoms with E-state index >= 15 is 0 Å². The van der Waals surface area contributed by atoms with Crippen LogP contribution in [0.4, 0.5) is 0 Å². The van der Waals surface area contributed by atoms with Crippen LogP contribution in [0.3, 0.4) is 0 Å². The summed E-state index contributed by atoms with van der Waals surface area (Å²) in [4.78, 5) is 115. The zero-order valence-corrected chi connectivity index (χ0v) is 44.5. The smallest absolute Gasteiger partial charge is 0.251 e. The number of amides is 8. The zero-order valence-electron chi connectivity index (χ0n) is 44.5. The molecule has 3 aromatic carbocycles. The predicted octanol–water partition coefficient (Wildman–Crippen LogP) is 2.97. The molecule has 8 amide bonds. The van der Waals surface area contributed by atoms with Gasteiger partial charge in [0.2, 0.25) is 35.4 Å². The lowest BCUT2D eigenvalue weighted by atomic mass is 9.85. The normalized spacial score (nSPS) is 22.8. The molecule has 8 N–H and O–H groups in total. The number of likely N-dealkylation sites (N-methyl/N-ethyl adjacent to an activating group) is 2. The topological polar surface area (TPSA) is 239 Å². The van der Waals surface area contributed by atoms with Gasteiger partial charge in [-0.1, -0.05) is 90.1 Å². The number of aryl methyl sites for hydroxylation is 2. The molecule has 10 atom stereocenters. The Morgan fingerprint density at radius 2 is 0.865 bits per heavy atom. The van der Waals surface area contributed by atoms with Crippen LogP contribution >= 0.6 is 0 Å². The molecule has 2 aliphatic heterocycles. The van der Waals surface area contributed by atoms with Crippen LogP contribution < -0.4 is 42.5 Å². The van der Waals surface area contributed by atoms with Gasteiger partial charge in [0, 0.05) is 36.3 Å². The van der Waals surface area contributed by atoms with Crippen LogP contribution in [0.1, 0.15) is 136 Å². The molecule has 398 valence electrons. The van der Waals surface area contributed by atoms with E-state index in [1.807, 2.05) is 90.1 Å². The van der Waals surface area contributed by atoms with Crippen molar-refractivity contribution >= 4 is 47.3 Å². The van der Waals surface area contributed by atoms with E-state index in [9.17, 15) is 38.4 Å². The lowest BCUT2D eigenvalue weighted by Gasteiger charge is -2.36. The molecule has 3 aromatic rings. The maximum absolute atomic E-state index is 14.6. The molecule has 0 bridgehead atoms.